The lowest BCUT2D eigenvalue weighted by atomic mass is 9.85. The lowest BCUT2D eigenvalue weighted by molar-refractivity contribution is 0.148. The third-order valence-electron chi connectivity index (χ3n) is 4.73. The highest BCUT2D eigenvalue weighted by molar-refractivity contribution is 7.80. The Bertz CT molecular complexity index is 494. The number of rotatable bonds is 1. The van der Waals surface area contributed by atoms with Gasteiger partial charge in [-0.1, -0.05) is 24.3 Å². The summed E-state index contributed by atoms with van der Waals surface area (Å²) in [4.78, 5) is 4.81. The van der Waals surface area contributed by atoms with Crippen molar-refractivity contribution in [2.24, 2.45) is 5.92 Å². The Morgan fingerprint density at radius 2 is 1.95 bits per heavy atom. The largest absolute Gasteiger partial charge is 0.366 e. The molecule has 0 amide bonds. The molecule has 4 heteroatoms. The van der Waals surface area contributed by atoms with E-state index in [-0.39, 0.29) is 0 Å². The fraction of sp³-hybridized carbons (Fsp3) is 0.562. The number of hydrogen-bond donors (Lipinski definition) is 1. The van der Waals surface area contributed by atoms with E-state index in [1.807, 2.05) is 7.05 Å². The number of fused-ring (bicyclic) bond motifs is 1. The predicted molar refractivity (Wildman–Crippen MR) is 86.6 cm³/mol. The van der Waals surface area contributed by atoms with Crippen molar-refractivity contribution in [2.75, 3.05) is 27.2 Å². The van der Waals surface area contributed by atoms with Crippen LogP contribution < -0.4 is 5.32 Å². The number of piperidine rings is 1. The Balaban J connectivity index is 1.89. The number of nitrogens with zero attached hydrogens (tertiary/aromatic N) is 2. The van der Waals surface area contributed by atoms with Crippen LogP contribution in [0.1, 0.15) is 30.0 Å². The molecule has 0 bridgehead atoms. The van der Waals surface area contributed by atoms with Gasteiger partial charge in [0.05, 0.1) is 6.04 Å². The summed E-state index contributed by atoms with van der Waals surface area (Å²) in [6.07, 6.45) is 2.52. The minimum absolute atomic E-state index is 0.458. The second-order valence-electron chi connectivity index (χ2n) is 5.97. The van der Waals surface area contributed by atoms with Gasteiger partial charge < -0.3 is 15.1 Å². The van der Waals surface area contributed by atoms with Gasteiger partial charge in [0.15, 0.2) is 5.11 Å². The van der Waals surface area contributed by atoms with Crippen molar-refractivity contribution in [2.45, 2.75) is 25.4 Å². The maximum atomic E-state index is 5.54. The van der Waals surface area contributed by atoms with Gasteiger partial charge >= 0.3 is 0 Å². The van der Waals surface area contributed by atoms with E-state index in [4.69, 9.17) is 12.2 Å². The molecule has 0 unspecified atom stereocenters. The summed E-state index contributed by atoms with van der Waals surface area (Å²) < 4.78 is 0. The minimum Gasteiger partial charge on any atom is -0.366 e. The number of thiocarbonyl (C=S) groups is 1. The molecule has 1 aromatic rings. The van der Waals surface area contributed by atoms with Gasteiger partial charge in [-0.05, 0) is 62.2 Å². The molecular formula is C16H23N3S. The van der Waals surface area contributed by atoms with E-state index in [0.29, 0.717) is 12.0 Å². The molecule has 1 N–H and O–H groups in total. The molecule has 1 fully saturated rings. The molecule has 2 aliphatic rings. The van der Waals surface area contributed by atoms with Gasteiger partial charge in [0.2, 0.25) is 0 Å². The highest BCUT2D eigenvalue weighted by Gasteiger charge is 2.37. The quantitative estimate of drug-likeness (QED) is 0.800. The Labute approximate surface area is 126 Å². The molecule has 0 aromatic heterocycles. The van der Waals surface area contributed by atoms with Crippen molar-refractivity contribution in [1.29, 1.82) is 0 Å². The summed E-state index contributed by atoms with van der Waals surface area (Å²) in [5.41, 5.74) is 2.92. The number of likely N-dealkylation sites (tertiary alicyclic amines) is 1. The van der Waals surface area contributed by atoms with Gasteiger partial charge in [0, 0.05) is 13.6 Å². The Morgan fingerprint density at radius 3 is 2.65 bits per heavy atom. The number of benzene rings is 1. The van der Waals surface area contributed by atoms with Crippen LogP contribution in [0.4, 0.5) is 0 Å². The van der Waals surface area contributed by atoms with Crippen molar-refractivity contribution in [3.63, 3.8) is 0 Å². The molecule has 1 saturated heterocycles. The van der Waals surface area contributed by atoms with Gasteiger partial charge in [-0.25, -0.2) is 0 Å². The highest BCUT2D eigenvalue weighted by atomic mass is 32.1. The van der Waals surface area contributed by atoms with Crippen molar-refractivity contribution >= 4 is 17.3 Å². The average Bonchev–Trinajstić information content (AvgIpc) is 2.87. The monoisotopic (exact) mass is 289 g/mol. The zero-order valence-electron chi connectivity index (χ0n) is 12.3. The lowest BCUT2D eigenvalue weighted by Crippen LogP contribution is -2.42. The van der Waals surface area contributed by atoms with E-state index < -0.39 is 0 Å². The molecular weight excluding hydrogens is 266 g/mol. The summed E-state index contributed by atoms with van der Waals surface area (Å²) in [5, 5.41) is 4.05. The summed E-state index contributed by atoms with van der Waals surface area (Å²) in [6.45, 7) is 3.35. The molecule has 3 nitrogen and oxygen atoms in total. The lowest BCUT2D eigenvalue weighted by Gasteiger charge is -2.38. The van der Waals surface area contributed by atoms with E-state index in [1.165, 1.54) is 37.1 Å². The summed E-state index contributed by atoms with van der Waals surface area (Å²) in [6, 6.07) is 9.29. The fourth-order valence-corrected chi connectivity index (χ4v) is 3.79. The first-order chi connectivity index (χ1) is 9.70. The second-order valence-corrected chi connectivity index (χ2v) is 6.35. The number of hydrogen-bond acceptors (Lipinski definition) is 2. The Kier molecular flexibility index (Phi) is 3.94. The van der Waals surface area contributed by atoms with E-state index in [1.54, 1.807) is 0 Å². The average molecular weight is 289 g/mol. The fourth-order valence-electron chi connectivity index (χ4n) is 3.61. The van der Waals surface area contributed by atoms with E-state index in [2.05, 4.69) is 46.4 Å². The topological polar surface area (TPSA) is 18.5 Å². The third-order valence-corrected chi connectivity index (χ3v) is 5.17. The van der Waals surface area contributed by atoms with E-state index in [9.17, 15) is 0 Å². The predicted octanol–water partition coefficient (Wildman–Crippen LogP) is 2.39. The van der Waals surface area contributed by atoms with Crippen LogP contribution in [0.15, 0.2) is 24.3 Å². The van der Waals surface area contributed by atoms with Crippen LogP contribution in [0.2, 0.25) is 0 Å². The van der Waals surface area contributed by atoms with Gasteiger partial charge in [-0.15, -0.1) is 0 Å². The molecule has 1 atom stereocenters. The second kappa shape index (κ2) is 5.70. The minimum atomic E-state index is 0.458. The van der Waals surface area contributed by atoms with Crippen LogP contribution in [0.5, 0.6) is 0 Å². The van der Waals surface area contributed by atoms with Crippen molar-refractivity contribution in [3.05, 3.63) is 35.4 Å². The van der Waals surface area contributed by atoms with Crippen LogP contribution in [0.3, 0.4) is 0 Å². The van der Waals surface area contributed by atoms with Crippen molar-refractivity contribution < 1.29 is 0 Å². The molecule has 3 rings (SSSR count). The van der Waals surface area contributed by atoms with Crippen LogP contribution in [0.25, 0.3) is 0 Å². The summed E-state index contributed by atoms with van der Waals surface area (Å²) >= 11 is 5.54. The Morgan fingerprint density at radius 1 is 1.25 bits per heavy atom. The number of nitrogens with one attached hydrogen (secondary N) is 1. The molecule has 0 saturated carbocycles. The SMILES string of the molecule is CNC(=S)N1Cc2ccccc2[C@H]1C1CCN(C)CC1. The summed E-state index contributed by atoms with van der Waals surface area (Å²) in [7, 11) is 4.14. The summed E-state index contributed by atoms with van der Waals surface area (Å²) in [5.74, 6) is 0.709. The normalized spacial score (nSPS) is 23.7. The standard InChI is InChI=1S/C16H23N3S/c1-17-16(20)19-11-13-5-3-4-6-14(13)15(19)12-7-9-18(2)10-8-12/h3-6,12,15H,7-11H2,1-2H3,(H,17,20)/t15-/m1/s1. The van der Waals surface area contributed by atoms with E-state index >= 15 is 0 Å². The zero-order valence-corrected chi connectivity index (χ0v) is 13.1. The van der Waals surface area contributed by atoms with Gasteiger partial charge in [-0.2, -0.15) is 0 Å². The van der Waals surface area contributed by atoms with Crippen molar-refractivity contribution in [3.8, 4) is 0 Å². The van der Waals surface area contributed by atoms with Gasteiger partial charge in [0.1, 0.15) is 0 Å². The maximum Gasteiger partial charge on any atom is 0.169 e. The molecule has 1 aromatic carbocycles. The molecule has 0 spiro atoms. The van der Waals surface area contributed by atoms with Crippen LogP contribution in [-0.2, 0) is 6.54 Å². The first-order valence-corrected chi connectivity index (χ1v) is 7.86. The first kappa shape index (κ1) is 13.8. The van der Waals surface area contributed by atoms with Crippen LogP contribution >= 0.6 is 12.2 Å². The smallest absolute Gasteiger partial charge is 0.169 e. The third kappa shape index (κ3) is 2.42. The Hall–Kier alpha value is -1.13. The molecule has 20 heavy (non-hydrogen) atoms. The van der Waals surface area contributed by atoms with Crippen LogP contribution in [0, 0.1) is 5.92 Å². The maximum absolute atomic E-state index is 5.54. The molecule has 108 valence electrons. The van der Waals surface area contributed by atoms with Gasteiger partial charge in [0.25, 0.3) is 0 Å². The molecule has 0 radical (unpaired) electrons. The van der Waals surface area contributed by atoms with Crippen molar-refractivity contribution in [1.82, 2.24) is 15.1 Å². The van der Waals surface area contributed by atoms with E-state index in [0.717, 1.165) is 11.7 Å². The zero-order chi connectivity index (χ0) is 14.1. The molecule has 0 aliphatic carbocycles. The van der Waals surface area contributed by atoms with Crippen LogP contribution in [-0.4, -0.2) is 42.1 Å². The highest BCUT2D eigenvalue weighted by Crippen LogP contribution is 2.42. The first-order valence-electron chi connectivity index (χ1n) is 7.45. The van der Waals surface area contributed by atoms with Gasteiger partial charge in [-0.3, -0.25) is 0 Å². The molecule has 2 heterocycles. The molecule has 2 aliphatic heterocycles.